The summed E-state index contributed by atoms with van der Waals surface area (Å²) in [6, 6.07) is 9.63. The minimum atomic E-state index is -0.0948. The number of fused-ring (bicyclic) bond motifs is 1. The summed E-state index contributed by atoms with van der Waals surface area (Å²) in [7, 11) is 3.50. The third-order valence-corrected chi connectivity index (χ3v) is 5.07. The van der Waals surface area contributed by atoms with Gasteiger partial charge in [0, 0.05) is 37.9 Å². The van der Waals surface area contributed by atoms with Gasteiger partial charge in [-0.15, -0.1) is 24.8 Å². The largest absolute Gasteiger partial charge is 0.496 e. The van der Waals surface area contributed by atoms with Crippen LogP contribution in [0.4, 0.5) is 0 Å². The second-order valence-electron chi connectivity index (χ2n) is 6.78. The Morgan fingerprint density at radius 3 is 2.79 bits per heavy atom. The molecule has 2 aromatic heterocycles. The van der Waals surface area contributed by atoms with Gasteiger partial charge in [0.1, 0.15) is 5.75 Å². The van der Waals surface area contributed by atoms with Crippen LogP contribution in [0.15, 0.2) is 36.5 Å². The highest BCUT2D eigenvalue weighted by atomic mass is 35.5. The summed E-state index contributed by atoms with van der Waals surface area (Å²) < 4.78 is 7.24. The minimum Gasteiger partial charge on any atom is -0.496 e. The van der Waals surface area contributed by atoms with E-state index in [0.29, 0.717) is 18.7 Å². The maximum atomic E-state index is 13.6. The number of para-hydroxylation sites is 1. The van der Waals surface area contributed by atoms with Crippen molar-refractivity contribution in [1.82, 2.24) is 25.0 Å². The number of benzene rings is 1. The van der Waals surface area contributed by atoms with Crippen LogP contribution in [0.3, 0.4) is 0 Å². The van der Waals surface area contributed by atoms with Crippen molar-refractivity contribution in [3.63, 3.8) is 0 Å². The third kappa shape index (κ3) is 4.17. The van der Waals surface area contributed by atoms with E-state index in [1.807, 2.05) is 49.2 Å². The molecule has 1 aliphatic heterocycles. The van der Waals surface area contributed by atoms with Gasteiger partial charge in [-0.25, -0.2) is 4.98 Å². The molecule has 0 bridgehead atoms. The van der Waals surface area contributed by atoms with Crippen molar-refractivity contribution in [2.75, 3.05) is 26.7 Å². The molecule has 0 saturated carbocycles. The Morgan fingerprint density at radius 2 is 2.03 bits per heavy atom. The lowest BCUT2D eigenvalue weighted by atomic mass is 10.00. The molecule has 0 radical (unpaired) electrons. The zero-order valence-electron chi connectivity index (χ0n) is 16.6. The maximum Gasteiger partial charge on any atom is 0.255 e. The summed E-state index contributed by atoms with van der Waals surface area (Å²) in [5.74, 6) is 0.789. The number of aryl methyl sites for hydroxylation is 2. The normalized spacial score (nSPS) is 16.1. The van der Waals surface area contributed by atoms with Gasteiger partial charge in [-0.2, -0.15) is 5.10 Å². The summed E-state index contributed by atoms with van der Waals surface area (Å²) in [6.45, 7) is 3.98. The van der Waals surface area contributed by atoms with Gasteiger partial charge in [-0.1, -0.05) is 18.2 Å². The fraction of sp³-hybridized carbons (Fsp3) is 0.350. The topological polar surface area (TPSA) is 72.3 Å². The van der Waals surface area contributed by atoms with Crippen molar-refractivity contribution in [2.45, 2.75) is 13.0 Å². The zero-order chi connectivity index (χ0) is 19.0. The highest BCUT2D eigenvalue weighted by molar-refractivity contribution is 6.05. The van der Waals surface area contributed by atoms with E-state index in [-0.39, 0.29) is 36.8 Å². The van der Waals surface area contributed by atoms with E-state index in [2.05, 4.69) is 15.4 Å². The molecular formula is C20H25Cl2N5O2. The highest BCUT2D eigenvalue weighted by Crippen LogP contribution is 2.32. The number of nitrogens with zero attached hydrogens (tertiary/aromatic N) is 4. The molecule has 29 heavy (non-hydrogen) atoms. The van der Waals surface area contributed by atoms with Crippen molar-refractivity contribution in [3.8, 4) is 5.75 Å². The molecule has 1 aromatic carbocycles. The fourth-order valence-electron chi connectivity index (χ4n) is 3.74. The first kappa shape index (κ1) is 22.9. The number of ether oxygens (including phenoxy) is 1. The van der Waals surface area contributed by atoms with E-state index in [1.54, 1.807) is 18.0 Å². The minimum absolute atomic E-state index is 0. The monoisotopic (exact) mass is 437 g/mol. The quantitative estimate of drug-likeness (QED) is 0.681. The van der Waals surface area contributed by atoms with Gasteiger partial charge < -0.3 is 15.0 Å². The Balaban J connectivity index is 0.00000150. The van der Waals surface area contributed by atoms with Crippen LogP contribution < -0.4 is 10.1 Å². The van der Waals surface area contributed by atoms with Gasteiger partial charge in [0.2, 0.25) is 0 Å². The van der Waals surface area contributed by atoms with Gasteiger partial charge in [0.25, 0.3) is 5.91 Å². The van der Waals surface area contributed by atoms with Crippen LogP contribution in [-0.2, 0) is 7.05 Å². The van der Waals surface area contributed by atoms with Crippen LogP contribution in [0.2, 0.25) is 0 Å². The molecule has 4 rings (SSSR count). The first-order chi connectivity index (χ1) is 13.1. The second kappa shape index (κ2) is 9.43. The standard InChI is InChI=1S/C20H23N5O2.2ClH/c1-13-10-15(16-11-22-24(2)19(16)23-13)20(26)25-9-8-21-12-17(25)14-6-4-5-7-18(14)27-3;;/h4-7,10-11,17,21H,8-9,12H2,1-3H3;2*1H. The lowest BCUT2D eigenvalue weighted by Gasteiger charge is -2.37. The molecule has 1 atom stereocenters. The predicted molar refractivity (Wildman–Crippen MR) is 117 cm³/mol. The summed E-state index contributed by atoms with van der Waals surface area (Å²) in [5, 5.41) is 8.46. The molecule has 1 saturated heterocycles. The van der Waals surface area contributed by atoms with E-state index in [0.717, 1.165) is 34.6 Å². The number of rotatable bonds is 3. The Morgan fingerprint density at radius 1 is 1.28 bits per heavy atom. The summed E-state index contributed by atoms with van der Waals surface area (Å²) in [6.07, 6.45) is 1.72. The smallest absolute Gasteiger partial charge is 0.255 e. The number of methoxy groups -OCH3 is 1. The number of aromatic nitrogens is 3. The molecule has 1 aliphatic rings. The van der Waals surface area contributed by atoms with Crippen LogP contribution in [0.25, 0.3) is 11.0 Å². The predicted octanol–water partition coefficient (Wildman–Crippen LogP) is 2.92. The van der Waals surface area contributed by atoms with Crippen molar-refractivity contribution in [1.29, 1.82) is 0 Å². The maximum absolute atomic E-state index is 13.6. The van der Waals surface area contributed by atoms with Crippen LogP contribution in [0.1, 0.15) is 27.7 Å². The number of amides is 1. The number of hydrogen-bond donors (Lipinski definition) is 1. The molecule has 1 unspecified atom stereocenters. The van der Waals surface area contributed by atoms with E-state index in [1.165, 1.54) is 0 Å². The molecule has 1 N–H and O–H groups in total. The van der Waals surface area contributed by atoms with Crippen molar-refractivity contribution in [3.05, 3.63) is 53.3 Å². The average molecular weight is 438 g/mol. The molecular weight excluding hydrogens is 413 g/mol. The zero-order valence-corrected chi connectivity index (χ0v) is 18.2. The number of pyridine rings is 1. The summed E-state index contributed by atoms with van der Waals surface area (Å²) in [4.78, 5) is 20.0. The van der Waals surface area contributed by atoms with E-state index in [9.17, 15) is 4.79 Å². The number of carbonyl (C=O) groups is 1. The van der Waals surface area contributed by atoms with E-state index >= 15 is 0 Å². The van der Waals surface area contributed by atoms with Gasteiger partial charge in [0.05, 0.1) is 30.3 Å². The molecule has 0 spiro atoms. The van der Waals surface area contributed by atoms with Gasteiger partial charge in [-0.05, 0) is 19.1 Å². The highest BCUT2D eigenvalue weighted by Gasteiger charge is 2.31. The van der Waals surface area contributed by atoms with Crippen LogP contribution in [-0.4, -0.2) is 52.3 Å². The van der Waals surface area contributed by atoms with Crippen molar-refractivity contribution >= 4 is 41.8 Å². The van der Waals surface area contributed by atoms with Crippen LogP contribution in [0, 0.1) is 6.92 Å². The number of hydrogen-bond acceptors (Lipinski definition) is 5. The first-order valence-corrected chi connectivity index (χ1v) is 9.04. The first-order valence-electron chi connectivity index (χ1n) is 9.04. The van der Waals surface area contributed by atoms with Gasteiger partial charge >= 0.3 is 0 Å². The molecule has 1 amide bonds. The van der Waals surface area contributed by atoms with Gasteiger partial charge in [0.15, 0.2) is 5.65 Å². The SMILES string of the molecule is COc1ccccc1C1CNCCN1C(=O)c1cc(C)nc2c1cnn2C.Cl.Cl. The van der Waals surface area contributed by atoms with Gasteiger partial charge in [-0.3, -0.25) is 9.48 Å². The lowest BCUT2D eigenvalue weighted by Crippen LogP contribution is -2.48. The van der Waals surface area contributed by atoms with Crippen molar-refractivity contribution in [2.24, 2.45) is 7.05 Å². The van der Waals surface area contributed by atoms with Crippen LogP contribution >= 0.6 is 24.8 Å². The third-order valence-electron chi connectivity index (χ3n) is 5.07. The Bertz CT molecular complexity index is 1010. The number of nitrogens with one attached hydrogen (secondary N) is 1. The second-order valence-corrected chi connectivity index (χ2v) is 6.78. The Kier molecular flexibility index (Phi) is 7.46. The molecule has 9 heteroatoms. The molecule has 1 fully saturated rings. The number of halogens is 2. The number of carbonyl (C=O) groups excluding carboxylic acids is 1. The number of piperazine rings is 1. The van der Waals surface area contributed by atoms with Crippen molar-refractivity contribution < 1.29 is 9.53 Å². The fourth-order valence-corrected chi connectivity index (χ4v) is 3.74. The van der Waals surface area contributed by atoms with E-state index < -0.39 is 0 Å². The van der Waals surface area contributed by atoms with E-state index in [4.69, 9.17) is 4.74 Å². The van der Waals surface area contributed by atoms with Crippen LogP contribution in [0.5, 0.6) is 5.75 Å². The molecule has 7 nitrogen and oxygen atoms in total. The molecule has 156 valence electrons. The molecule has 3 heterocycles. The Hall–Kier alpha value is -2.35. The Labute approximate surface area is 182 Å². The summed E-state index contributed by atoms with van der Waals surface area (Å²) in [5.41, 5.74) is 3.18. The average Bonchev–Trinajstić information content (AvgIpc) is 3.07. The lowest BCUT2D eigenvalue weighted by molar-refractivity contribution is 0.0633. The molecule has 0 aliphatic carbocycles. The summed E-state index contributed by atoms with van der Waals surface area (Å²) >= 11 is 0. The molecule has 3 aromatic rings.